The molecule has 1 aliphatic carbocycles. The largest absolute Gasteiger partial charge is 0.465 e. The van der Waals surface area contributed by atoms with Gasteiger partial charge in [-0.3, -0.25) is 4.79 Å². The summed E-state index contributed by atoms with van der Waals surface area (Å²) in [6.45, 7) is 3.71. The number of carbonyl (C=O) groups excluding carboxylic acids is 1. The SMILES string of the molecule is CCCCOC(=O)C1NCC2CCCCC21.Cl. The van der Waals surface area contributed by atoms with E-state index in [0.29, 0.717) is 12.5 Å². The lowest BCUT2D eigenvalue weighted by Gasteiger charge is -2.27. The van der Waals surface area contributed by atoms with Gasteiger partial charge in [0.05, 0.1) is 6.61 Å². The van der Waals surface area contributed by atoms with Gasteiger partial charge in [-0.1, -0.05) is 26.2 Å². The van der Waals surface area contributed by atoms with Gasteiger partial charge in [-0.25, -0.2) is 0 Å². The van der Waals surface area contributed by atoms with Crippen molar-refractivity contribution in [3.8, 4) is 0 Å². The van der Waals surface area contributed by atoms with E-state index in [0.717, 1.165) is 25.3 Å². The maximum atomic E-state index is 11.9. The van der Waals surface area contributed by atoms with Gasteiger partial charge in [0.2, 0.25) is 0 Å². The summed E-state index contributed by atoms with van der Waals surface area (Å²) in [7, 11) is 0. The van der Waals surface area contributed by atoms with Gasteiger partial charge in [0.15, 0.2) is 0 Å². The minimum absolute atomic E-state index is 0. The number of fused-ring (bicyclic) bond motifs is 1. The molecule has 1 aliphatic heterocycles. The molecule has 3 unspecified atom stereocenters. The molecule has 1 saturated carbocycles. The Morgan fingerprint density at radius 2 is 2.12 bits per heavy atom. The molecule has 1 heterocycles. The van der Waals surface area contributed by atoms with Crippen LogP contribution in [0.4, 0.5) is 0 Å². The van der Waals surface area contributed by atoms with Crippen molar-refractivity contribution in [1.29, 1.82) is 0 Å². The summed E-state index contributed by atoms with van der Waals surface area (Å²) in [6, 6.07) is -0.0119. The van der Waals surface area contributed by atoms with Crippen molar-refractivity contribution in [2.75, 3.05) is 13.2 Å². The minimum Gasteiger partial charge on any atom is -0.465 e. The molecule has 3 atom stereocenters. The first-order valence-corrected chi connectivity index (χ1v) is 6.73. The van der Waals surface area contributed by atoms with Gasteiger partial charge in [0.25, 0.3) is 0 Å². The molecule has 100 valence electrons. The Kier molecular flexibility index (Phi) is 6.28. The Balaban J connectivity index is 0.00000144. The molecule has 1 N–H and O–H groups in total. The smallest absolute Gasteiger partial charge is 0.323 e. The number of nitrogens with one attached hydrogen (secondary N) is 1. The summed E-state index contributed by atoms with van der Waals surface area (Å²) in [5, 5.41) is 3.35. The Morgan fingerprint density at radius 1 is 1.35 bits per heavy atom. The molecule has 1 saturated heterocycles. The second-order valence-electron chi connectivity index (χ2n) is 5.12. The van der Waals surface area contributed by atoms with E-state index in [1.807, 2.05) is 0 Å². The van der Waals surface area contributed by atoms with Crippen molar-refractivity contribution in [1.82, 2.24) is 5.32 Å². The van der Waals surface area contributed by atoms with Crippen LogP contribution in [-0.2, 0) is 9.53 Å². The number of hydrogen-bond acceptors (Lipinski definition) is 3. The normalized spacial score (nSPS) is 31.5. The van der Waals surface area contributed by atoms with Crippen LogP contribution in [0.2, 0.25) is 0 Å². The standard InChI is InChI=1S/C13H23NO2.ClH/c1-2-3-8-16-13(15)12-11-7-5-4-6-10(11)9-14-12;/h10-12,14H,2-9H2,1H3;1H. The monoisotopic (exact) mass is 261 g/mol. The third-order valence-corrected chi connectivity index (χ3v) is 3.99. The van der Waals surface area contributed by atoms with Crippen molar-refractivity contribution in [2.45, 2.75) is 51.5 Å². The molecular formula is C13H24ClNO2. The van der Waals surface area contributed by atoms with E-state index in [9.17, 15) is 4.79 Å². The molecule has 2 rings (SSSR count). The van der Waals surface area contributed by atoms with Crippen LogP contribution in [0.25, 0.3) is 0 Å². The number of esters is 1. The Labute approximate surface area is 110 Å². The van der Waals surface area contributed by atoms with Gasteiger partial charge in [0, 0.05) is 0 Å². The van der Waals surface area contributed by atoms with Gasteiger partial charge < -0.3 is 10.1 Å². The molecule has 2 fully saturated rings. The maximum Gasteiger partial charge on any atom is 0.323 e. The van der Waals surface area contributed by atoms with Crippen LogP contribution in [0.5, 0.6) is 0 Å². The number of halogens is 1. The quantitative estimate of drug-likeness (QED) is 0.624. The molecule has 0 bridgehead atoms. The second kappa shape index (κ2) is 7.22. The zero-order chi connectivity index (χ0) is 11.4. The highest BCUT2D eigenvalue weighted by Gasteiger charge is 2.41. The fraction of sp³-hybridized carbons (Fsp3) is 0.923. The predicted molar refractivity (Wildman–Crippen MR) is 70.4 cm³/mol. The third-order valence-electron chi connectivity index (χ3n) is 3.99. The van der Waals surface area contributed by atoms with Crippen LogP contribution >= 0.6 is 12.4 Å². The lowest BCUT2D eigenvalue weighted by atomic mass is 9.78. The molecular weight excluding hydrogens is 238 g/mol. The van der Waals surface area contributed by atoms with E-state index in [4.69, 9.17) is 4.74 Å². The van der Waals surface area contributed by atoms with Crippen LogP contribution in [-0.4, -0.2) is 25.2 Å². The molecule has 2 aliphatic rings. The fourth-order valence-electron chi connectivity index (χ4n) is 3.02. The molecule has 0 aromatic rings. The summed E-state index contributed by atoms with van der Waals surface area (Å²) in [4.78, 5) is 11.9. The molecule has 0 amide bonds. The minimum atomic E-state index is -0.0119. The molecule has 4 heteroatoms. The average molecular weight is 262 g/mol. The Morgan fingerprint density at radius 3 is 2.88 bits per heavy atom. The van der Waals surface area contributed by atoms with E-state index >= 15 is 0 Å². The summed E-state index contributed by atoms with van der Waals surface area (Å²) in [5.41, 5.74) is 0. The van der Waals surface area contributed by atoms with Crippen LogP contribution < -0.4 is 5.32 Å². The van der Waals surface area contributed by atoms with Gasteiger partial charge >= 0.3 is 5.97 Å². The first-order chi connectivity index (χ1) is 7.83. The van der Waals surface area contributed by atoms with Crippen LogP contribution in [0, 0.1) is 11.8 Å². The molecule has 0 spiro atoms. The molecule has 17 heavy (non-hydrogen) atoms. The predicted octanol–water partition coefficient (Wildman–Crippen LogP) is 2.53. The highest BCUT2D eigenvalue weighted by Crippen LogP contribution is 2.36. The maximum absolute atomic E-state index is 11.9. The van der Waals surface area contributed by atoms with Crippen LogP contribution in [0.3, 0.4) is 0 Å². The second-order valence-corrected chi connectivity index (χ2v) is 5.12. The Bertz CT molecular complexity index is 248. The molecule has 0 aromatic heterocycles. The highest BCUT2D eigenvalue weighted by atomic mass is 35.5. The first-order valence-electron chi connectivity index (χ1n) is 6.73. The van der Waals surface area contributed by atoms with Gasteiger partial charge in [-0.05, 0) is 37.6 Å². The number of hydrogen-bond donors (Lipinski definition) is 1. The Hall–Kier alpha value is -0.280. The zero-order valence-electron chi connectivity index (χ0n) is 10.6. The van der Waals surface area contributed by atoms with Gasteiger partial charge in [-0.2, -0.15) is 0 Å². The van der Waals surface area contributed by atoms with Crippen molar-refractivity contribution in [3.05, 3.63) is 0 Å². The van der Waals surface area contributed by atoms with E-state index in [1.54, 1.807) is 0 Å². The van der Waals surface area contributed by atoms with Crippen LogP contribution in [0.15, 0.2) is 0 Å². The van der Waals surface area contributed by atoms with E-state index in [-0.39, 0.29) is 24.4 Å². The fourth-order valence-corrected chi connectivity index (χ4v) is 3.02. The summed E-state index contributed by atoms with van der Waals surface area (Å²) in [6.07, 6.45) is 7.16. The average Bonchev–Trinajstić information content (AvgIpc) is 2.73. The topological polar surface area (TPSA) is 38.3 Å². The number of unbranched alkanes of at least 4 members (excludes halogenated alkanes) is 1. The molecule has 0 aromatic carbocycles. The summed E-state index contributed by atoms with van der Waals surface area (Å²) < 4.78 is 5.31. The number of carbonyl (C=O) groups is 1. The lowest BCUT2D eigenvalue weighted by Crippen LogP contribution is -2.38. The van der Waals surface area contributed by atoms with E-state index < -0.39 is 0 Å². The molecule has 0 radical (unpaired) electrons. The summed E-state index contributed by atoms with van der Waals surface area (Å²) in [5.74, 6) is 1.25. The van der Waals surface area contributed by atoms with E-state index in [1.165, 1.54) is 25.7 Å². The number of ether oxygens (including phenoxy) is 1. The van der Waals surface area contributed by atoms with Crippen molar-refractivity contribution < 1.29 is 9.53 Å². The summed E-state index contributed by atoms with van der Waals surface area (Å²) >= 11 is 0. The van der Waals surface area contributed by atoms with Gasteiger partial charge in [-0.15, -0.1) is 12.4 Å². The van der Waals surface area contributed by atoms with Gasteiger partial charge in [0.1, 0.15) is 6.04 Å². The lowest BCUT2D eigenvalue weighted by molar-refractivity contribution is -0.147. The zero-order valence-corrected chi connectivity index (χ0v) is 11.4. The van der Waals surface area contributed by atoms with Crippen molar-refractivity contribution >= 4 is 18.4 Å². The van der Waals surface area contributed by atoms with E-state index in [2.05, 4.69) is 12.2 Å². The first kappa shape index (κ1) is 14.8. The van der Waals surface area contributed by atoms with Crippen molar-refractivity contribution in [3.63, 3.8) is 0 Å². The van der Waals surface area contributed by atoms with Crippen LogP contribution in [0.1, 0.15) is 45.4 Å². The van der Waals surface area contributed by atoms with Crippen molar-refractivity contribution in [2.24, 2.45) is 11.8 Å². The number of rotatable bonds is 4. The molecule has 3 nitrogen and oxygen atoms in total. The highest BCUT2D eigenvalue weighted by molar-refractivity contribution is 5.85. The third kappa shape index (κ3) is 3.59.